The highest BCUT2D eigenvalue weighted by Gasteiger charge is 2.24. The molecule has 4 heterocycles. The first-order valence-electron chi connectivity index (χ1n) is 12.7. The van der Waals surface area contributed by atoms with Crippen molar-refractivity contribution in [2.24, 2.45) is 0 Å². The lowest BCUT2D eigenvalue weighted by atomic mass is 9.94. The summed E-state index contributed by atoms with van der Waals surface area (Å²) in [4.78, 5) is 25.3. The summed E-state index contributed by atoms with van der Waals surface area (Å²) < 4.78 is 11.2. The number of likely N-dealkylation sites (N-methyl/N-ethyl adjacent to an activating group) is 1. The second-order valence-corrected chi connectivity index (χ2v) is 9.92. The summed E-state index contributed by atoms with van der Waals surface area (Å²) in [6.07, 6.45) is 4.90. The molecular weight excluding hydrogens is 472 g/mol. The summed E-state index contributed by atoms with van der Waals surface area (Å²) in [5, 5.41) is 16.8. The van der Waals surface area contributed by atoms with Crippen molar-refractivity contribution < 1.29 is 19.1 Å². The minimum Gasteiger partial charge on any atom is -0.485 e. The molecule has 37 heavy (non-hydrogen) atoms. The number of rotatable bonds is 10. The number of nitrogens with zero attached hydrogens (tertiary/aromatic N) is 4. The number of oxazole rings is 1. The lowest BCUT2D eigenvalue weighted by Gasteiger charge is -2.36. The van der Waals surface area contributed by atoms with Crippen molar-refractivity contribution in [3.8, 4) is 5.75 Å². The Balaban J connectivity index is 1.09. The van der Waals surface area contributed by atoms with Gasteiger partial charge in [-0.15, -0.1) is 0 Å². The molecule has 2 aliphatic heterocycles. The number of carbonyl (C=O) groups excluding carboxylic acids is 1. The maximum Gasteiger partial charge on any atom is 0.251 e. The van der Waals surface area contributed by atoms with Crippen LogP contribution in [0, 0.1) is 6.92 Å². The molecule has 3 N–H and O–H groups in total. The largest absolute Gasteiger partial charge is 0.485 e. The van der Waals surface area contributed by atoms with Crippen LogP contribution in [0.5, 0.6) is 5.75 Å². The van der Waals surface area contributed by atoms with Crippen LogP contribution in [0.3, 0.4) is 0 Å². The maximum atomic E-state index is 12.7. The first-order valence-corrected chi connectivity index (χ1v) is 12.7. The van der Waals surface area contributed by atoms with Crippen LogP contribution in [0.25, 0.3) is 0 Å². The fourth-order valence-electron chi connectivity index (χ4n) is 4.98. The van der Waals surface area contributed by atoms with Crippen molar-refractivity contribution in [3.63, 3.8) is 0 Å². The number of hydrogen-bond acceptors (Lipinski definition) is 9. The molecule has 5 rings (SSSR count). The van der Waals surface area contributed by atoms with Crippen LogP contribution in [-0.4, -0.2) is 82.7 Å². The van der Waals surface area contributed by atoms with Crippen LogP contribution in [-0.2, 0) is 19.6 Å². The van der Waals surface area contributed by atoms with Gasteiger partial charge < -0.3 is 29.8 Å². The highest BCUT2D eigenvalue weighted by molar-refractivity contribution is 5.94. The highest BCUT2D eigenvalue weighted by atomic mass is 16.5. The van der Waals surface area contributed by atoms with Crippen molar-refractivity contribution >= 4 is 11.7 Å². The predicted octanol–water partition coefficient (Wildman–Crippen LogP) is 1.83. The summed E-state index contributed by atoms with van der Waals surface area (Å²) in [7, 11) is 2.07. The Hall–Kier alpha value is -3.47. The highest BCUT2D eigenvalue weighted by Crippen LogP contribution is 2.30. The number of ether oxygens (including phenoxy) is 1. The van der Waals surface area contributed by atoms with Gasteiger partial charge in [0, 0.05) is 51.0 Å². The molecule has 0 radical (unpaired) electrons. The standard InChI is InChI=1S/C27H34N6O4/c1-18-24-6-8-33(12-20(24)3-4-25(18)36-16-23-11-28-17-37-23)15-22(34)10-30-27(35)19-5-7-29-26(9-19)31-21-13-32(2)14-21/h3-5,7,9,11,17,21-22,34H,6,8,10,12-16H2,1-2H3,(H,29,31)(H,30,35)/t22-/m0/s1. The Morgan fingerprint density at radius 2 is 2.19 bits per heavy atom. The first-order chi connectivity index (χ1) is 17.9. The van der Waals surface area contributed by atoms with Gasteiger partial charge in [-0.1, -0.05) is 6.07 Å². The van der Waals surface area contributed by atoms with E-state index in [2.05, 4.69) is 50.4 Å². The van der Waals surface area contributed by atoms with Gasteiger partial charge in [0.15, 0.2) is 12.2 Å². The third-order valence-electron chi connectivity index (χ3n) is 6.98. The number of aromatic nitrogens is 2. The number of carbonyl (C=O) groups is 1. The number of hydrogen-bond donors (Lipinski definition) is 3. The molecule has 2 aliphatic rings. The molecule has 1 aromatic carbocycles. The maximum absolute atomic E-state index is 12.7. The number of benzene rings is 1. The zero-order chi connectivity index (χ0) is 25.8. The molecule has 0 saturated carbocycles. The van der Waals surface area contributed by atoms with Crippen LogP contribution in [0.2, 0.25) is 0 Å². The minimum atomic E-state index is -0.666. The second-order valence-electron chi connectivity index (χ2n) is 9.92. The predicted molar refractivity (Wildman–Crippen MR) is 138 cm³/mol. The van der Waals surface area contributed by atoms with Crippen molar-refractivity contribution in [3.05, 3.63) is 71.1 Å². The zero-order valence-electron chi connectivity index (χ0n) is 21.3. The van der Waals surface area contributed by atoms with Crippen molar-refractivity contribution in [1.29, 1.82) is 0 Å². The lowest BCUT2D eigenvalue weighted by molar-refractivity contribution is 0.0841. The number of pyridine rings is 1. The number of fused-ring (bicyclic) bond motifs is 1. The van der Waals surface area contributed by atoms with E-state index in [0.717, 1.165) is 43.9 Å². The van der Waals surface area contributed by atoms with Gasteiger partial charge in [0.25, 0.3) is 5.91 Å². The molecule has 10 heteroatoms. The van der Waals surface area contributed by atoms with Crippen LogP contribution < -0.4 is 15.4 Å². The van der Waals surface area contributed by atoms with Crippen molar-refractivity contribution in [2.45, 2.75) is 38.6 Å². The summed E-state index contributed by atoms with van der Waals surface area (Å²) in [6.45, 7) is 6.61. The number of β-amino-alcohol motifs (C(OH)–C–C–N with tert-alkyl or cyclic N) is 1. The van der Waals surface area contributed by atoms with E-state index in [1.165, 1.54) is 17.5 Å². The van der Waals surface area contributed by atoms with Gasteiger partial charge in [-0.3, -0.25) is 9.69 Å². The monoisotopic (exact) mass is 506 g/mol. The fourth-order valence-corrected chi connectivity index (χ4v) is 4.98. The van der Waals surface area contributed by atoms with Gasteiger partial charge in [0.1, 0.15) is 18.2 Å². The molecule has 2 aromatic heterocycles. The Kier molecular flexibility index (Phi) is 7.68. The molecule has 1 atom stereocenters. The summed E-state index contributed by atoms with van der Waals surface area (Å²) >= 11 is 0. The molecule has 0 spiro atoms. The van der Waals surface area contributed by atoms with E-state index < -0.39 is 6.10 Å². The number of anilines is 1. The van der Waals surface area contributed by atoms with Gasteiger partial charge in [-0.05, 0) is 55.3 Å². The minimum absolute atomic E-state index is 0.189. The molecule has 1 fully saturated rings. The molecular formula is C27H34N6O4. The number of amides is 1. The van der Waals surface area contributed by atoms with E-state index in [-0.39, 0.29) is 12.5 Å². The van der Waals surface area contributed by atoms with E-state index in [4.69, 9.17) is 9.15 Å². The quantitative estimate of drug-likeness (QED) is 0.379. The molecule has 1 saturated heterocycles. The third-order valence-corrected chi connectivity index (χ3v) is 6.98. The summed E-state index contributed by atoms with van der Waals surface area (Å²) in [6, 6.07) is 7.89. The molecule has 0 aliphatic carbocycles. The molecule has 3 aromatic rings. The van der Waals surface area contributed by atoms with Crippen molar-refractivity contribution in [2.75, 3.05) is 45.1 Å². The van der Waals surface area contributed by atoms with Crippen LogP contribution in [0.1, 0.15) is 32.8 Å². The average molecular weight is 507 g/mol. The smallest absolute Gasteiger partial charge is 0.251 e. The van der Waals surface area contributed by atoms with Crippen LogP contribution in [0.15, 0.2) is 47.5 Å². The lowest BCUT2D eigenvalue weighted by Crippen LogP contribution is -2.52. The second kappa shape index (κ2) is 11.3. The normalized spacial score (nSPS) is 17.1. The Bertz CT molecular complexity index is 1210. The molecule has 0 unspecified atom stereocenters. The first kappa shape index (κ1) is 25.2. The molecule has 1 amide bonds. The van der Waals surface area contributed by atoms with Gasteiger partial charge in [0.2, 0.25) is 0 Å². The average Bonchev–Trinajstić information content (AvgIpc) is 3.40. The molecule has 196 valence electrons. The van der Waals surface area contributed by atoms with Crippen LogP contribution >= 0.6 is 0 Å². The van der Waals surface area contributed by atoms with E-state index in [1.54, 1.807) is 24.5 Å². The summed E-state index contributed by atoms with van der Waals surface area (Å²) in [5.41, 5.74) is 4.20. The molecule has 10 nitrogen and oxygen atoms in total. The topological polar surface area (TPSA) is 116 Å². The number of nitrogens with one attached hydrogen (secondary N) is 2. The third kappa shape index (κ3) is 6.27. The zero-order valence-corrected chi connectivity index (χ0v) is 21.3. The Morgan fingerprint density at radius 3 is 2.97 bits per heavy atom. The van der Waals surface area contributed by atoms with Gasteiger partial charge in [-0.2, -0.15) is 0 Å². The number of likely N-dealkylation sites (tertiary alicyclic amines) is 1. The van der Waals surface area contributed by atoms with E-state index >= 15 is 0 Å². The Labute approximate surface area is 216 Å². The number of aliphatic hydroxyl groups is 1. The van der Waals surface area contributed by atoms with E-state index in [9.17, 15) is 9.90 Å². The number of aliphatic hydroxyl groups excluding tert-OH is 1. The van der Waals surface area contributed by atoms with Gasteiger partial charge in [-0.25, -0.2) is 9.97 Å². The van der Waals surface area contributed by atoms with Crippen molar-refractivity contribution in [1.82, 2.24) is 25.1 Å². The summed E-state index contributed by atoms with van der Waals surface area (Å²) in [5.74, 6) is 2.01. The van der Waals surface area contributed by atoms with Gasteiger partial charge in [0.05, 0.1) is 18.3 Å². The SMILES string of the molecule is Cc1c(OCc2cnco2)ccc2c1CCN(C[C@@H](O)CNC(=O)c1ccnc(NC3CN(C)C3)c1)C2. The Morgan fingerprint density at radius 1 is 1.32 bits per heavy atom. The van der Waals surface area contributed by atoms with Crippen LogP contribution in [0.4, 0.5) is 5.82 Å². The fraction of sp³-hybridized carbons (Fsp3) is 0.444. The van der Waals surface area contributed by atoms with Gasteiger partial charge >= 0.3 is 0 Å². The van der Waals surface area contributed by atoms with E-state index in [1.807, 2.05) is 6.07 Å². The molecule has 0 bridgehead atoms. The van der Waals surface area contributed by atoms with E-state index in [0.29, 0.717) is 36.3 Å².